The number of benzene rings is 2. The highest BCUT2D eigenvalue weighted by atomic mass is 35.5. The maximum atomic E-state index is 13.2. The zero-order valence-corrected chi connectivity index (χ0v) is 19.5. The molecule has 2 aromatic carbocycles. The molecule has 1 aliphatic rings. The molecule has 4 rings (SSSR count). The van der Waals surface area contributed by atoms with Crippen LogP contribution in [0.25, 0.3) is 6.08 Å². The van der Waals surface area contributed by atoms with Gasteiger partial charge in [-0.2, -0.15) is 0 Å². The maximum absolute atomic E-state index is 13.2. The van der Waals surface area contributed by atoms with E-state index in [1.54, 1.807) is 0 Å². The lowest BCUT2D eigenvalue weighted by Gasteiger charge is -2.21. The lowest BCUT2D eigenvalue weighted by atomic mass is 10.0. The second kappa shape index (κ2) is 11.0. The fraction of sp³-hybridized carbons (Fsp3) is 0.0435. The van der Waals surface area contributed by atoms with Crippen LogP contribution in [0, 0.1) is 5.82 Å². The van der Waals surface area contributed by atoms with Crippen molar-refractivity contribution in [3.8, 4) is 5.88 Å². The molecule has 4 N–H and O–H groups in total. The van der Waals surface area contributed by atoms with Gasteiger partial charge in [0.1, 0.15) is 17.2 Å². The first kappa shape index (κ1) is 25.7. The number of aromatic nitrogens is 1. The van der Waals surface area contributed by atoms with Gasteiger partial charge in [0.2, 0.25) is 22.5 Å². The number of pyridine rings is 1. The third-order valence-corrected chi connectivity index (χ3v) is 6.00. The fourth-order valence-corrected chi connectivity index (χ4v) is 4.07. The molecule has 35 heavy (non-hydrogen) atoms. The first-order valence-electron chi connectivity index (χ1n) is 9.67. The first-order valence-corrected chi connectivity index (χ1v) is 11.2. The maximum Gasteiger partial charge on any atom is 0.335 e. The Hall–Kier alpha value is -3.93. The fourth-order valence-electron chi connectivity index (χ4n) is 2.87. The SMILES string of the molecule is COc1cc(C(N)=O)ccn1.O=C(O)c1ccc2c(c1)C(=O)/C(=C/c1ccc(F)c(Cl)c1)[S+]([O-])N2. The Morgan fingerprint density at radius 2 is 1.94 bits per heavy atom. The van der Waals surface area contributed by atoms with Crippen LogP contribution in [0.5, 0.6) is 5.88 Å². The van der Waals surface area contributed by atoms with E-state index in [9.17, 15) is 23.3 Å². The summed E-state index contributed by atoms with van der Waals surface area (Å²) in [6.07, 6.45) is 2.80. The lowest BCUT2D eigenvalue weighted by Crippen LogP contribution is -2.27. The molecular formula is C23H17ClFN3O6S. The Morgan fingerprint density at radius 1 is 1.20 bits per heavy atom. The Morgan fingerprint density at radius 3 is 2.57 bits per heavy atom. The quantitative estimate of drug-likeness (QED) is 0.349. The normalized spacial score (nSPS) is 15.4. The molecular weight excluding hydrogens is 501 g/mol. The van der Waals surface area contributed by atoms with E-state index in [0.717, 1.165) is 6.07 Å². The van der Waals surface area contributed by atoms with Crippen LogP contribution >= 0.6 is 11.6 Å². The number of carboxylic acids is 1. The zero-order chi connectivity index (χ0) is 25.7. The van der Waals surface area contributed by atoms with Gasteiger partial charge in [0.05, 0.1) is 28.9 Å². The summed E-state index contributed by atoms with van der Waals surface area (Å²) >= 11 is 3.87. The lowest BCUT2D eigenvalue weighted by molar-refractivity contribution is 0.0696. The number of carboxylic acid groups (broad SMARTS) is 1. The number of anilines is 1. The van der Waals surface area contributed by atoms with Crippen molar-refractivity contribution < 1.29 is 33.2 Å². The molecule has 0 saturated heterocycles. The van der Waals surface area contributed by atoms with E-state index in [0.29, 0.717) is 17.0 Å². The van der Waals surface area contributed by atoms with Gasteiger partial charge >= 0.3 is 5.97 Å². The summed E-state index contributed by atoms with van der Waals surface area (Å²) in [6, 6.07) is 10.8. The summed E-state index contributed by atoms with van der Waals surface area (Å²) in [7, 11) is 1.48. The Bertz CT molecular complexity index is 1350. The van der Waals surface area contributed by atoms with E-state index in [2.05, 4.69) is 9.71 Å². The monoisotopic (exact) mass is 517 g/mol. The summed E-state index contributed by atoms with van der Waals surface area (Å²) in [6.45, 7) is 0. The van der Waals surface area contributed by atoms with Gasteiger partial charge in [-0.25, -0.2) is 18.9 Å². The summed E-state index contributed by atoms with van der Waals surface area (Å²) in [5.74, 6) is -2.43. The van der Waals surface area contributed by atoms with Gasteiger partial charge in [-0.15, -0.1) is 0 Å². The smallest absolute Gasteiger partial charge is 0.335 e. The molecule has 1 unspecified atom stereocenters. The number of allylic oxidation sites excluding steroid dienone is 1. The predicted molar refractivity (Wildman–Crippen MR) is 128 cm³/mol. The van der Waals surface area contributed by atoms with E-state index in [1.807, 2.05) is 0 Å². The summed E-state index contributed by atoms with van der Waals surface area (Å²) < 4.78 is 32.9. The number of methoxy groups -OCH3 is 1. The number of Topliss-reactive ketones (excluding diaryl/α,β-unsaturated/α-hetero) is 1. The number of primary amides is 1. The van der Waals surface area contributed by atoms with Crippen LogP contribution in [-0.2, 0) is 11.4 Å². The van der Waals surface area contributed by atoms with Gasteiger partial charge < -0.3 is 20.1 Å². The van der Waals surface area contributed by atoms with E-state index < -0.39 is 34.8 Å². The van der Waals surface area contributed by atoms with Gasteiger partial charge in [0.15, 0.2) is 0 Å². The molecule has 1 amide bonds. The third-order valence-electron chi connectivity index (χ3n) is 4.61. The van der Waals surface area contributed by atoms with E-state index in [1.165, 1.54) is 61.8 Å². The molecule has 0 saturated carbocycles. The van der Waals surface area contributed by atoms with Crippen molar-refractivity contribution in [3.05, 3.63) is 92.7 Å². The number of hydrogen-bond acceptors (Lipinski definition) is 7. The predicted octanol–water partition coefficient (Wildman–Crippen LogP) is 3.68. The van der Waals surface area contributed by atoms with Crippen LogP contribution in [0.1, 0.15) is 36.6 Å². The van der Waals surface area contributed by atoms with Gasteiger partial charge in [0.25, 0.3) is 0 Å². The highest BCUT2D eigenvalue weighted by molar-refractivity contribution is 7.97. The highest BCUT2D eigenvalue weighted by Gasteiger charge is 2.34. The minimum atomic E-state index is -1.82. The van der Waals surface area contributed by atoms with Gasteiger partial charge in [0, 0.05) is 23.9 Å². The number of rotatable bonds is 4. The molecule has 2 heterocycles. The Labute approximate surface area is 206 Å². The second-order valence-electron chi connectivity index (χ2n) is 6.90. The molecule has 1 aliphatic heterocycles. The molecule has 12 heteroatoms. The van der Waals surface area contributed by atoms with Crippen molar-refractivity contribution >= 4 is 52.4 Å². The molecule has 180 valence electrons. The van der Waals surface area contributed by atoms with E-state index in [4.69, 9.17) is 27.2 Å². The van der Waals surface area contributed by atoms with Crippen molar-refractivity contribution in [3.63, 3.8) is 0 Å². The molecule has 1 aromatic heterocycles. The molecule has 1 atom stereocenters. The summed E-state index contributed by atoms with van der Waals surface area (Å²) in [5, 5.41) is 8.90. The van der Waals surface area contributed by atoms with Crippen molar-refractivity contribution in [2.75, 3.05) is 11.8 Å². The molecule has 0 aliphatic carbocycles. The number of fused-ring (bicyclic) bond motifs is 1. The number of amides is 1. The Kier molecular flexibility index (Phi) is 8.07. The number of nitrogens with two attached hydrogens (primary N) is 1. The number of carbonyl (C=O) groups excluding carboxylic acids is 2. The molecule has 9 nitrogen and oxygen atoms in total. The van der Waals surface area contributed by atoms with Gasteiger partial charge in [-0.1, -0.05) is 17.7 Å². The molecule has 0 bridgehead atoms. The summed E-state index contributed by atoms with van der Waals surface area (Å²) in [5.41, 5.74) is 6.16. The average Bonchev–Trinajstić information content (AvgIpc) is 2.84. The van der Waals surface area contributed by atoms with E-state index in [-0.39, 0.29) is 26.7 Å². The zero-order valence-electron chi connectivity index (χ0n) is 18.0. The van der Waals surface area contributed by atoms with Crippen LogP contribution in [0.15, 0.2) is 59.6 Å². The largest absolute Gasteiger partial charge is 0.588 e. The highest BCUT2D eigenvalue weighted by Crippen LogP contribution is 2.32. The number of aromatic carboxylic acids is 1. The number of ether oxygens (including phenoxy) is 1. The van der Waals surface area contributed by atoms with Crippen LogP contribution in [0.3, 0.4) is 0 Å². The third kappa shape index (κ3) is 6.15. The van der Waals surface area contributed by atoms with Crippen LogP contribution in [-0.4, -0.2) is 39.4 Å². The standard InChI is InChI=1S/C16H9ClFNO4S.C7H8N2O2/c17-11-5-8(1-3-12(11)18)6-14-15(20)10-7-9(16(21)22)2-4-13(10)19-24(14)23;1-11-6-4-5(7(8)10)2-3-9-6/h1-7,19H,(H,21,22);2-4H,1H3,(H2,8,10)/b14-6-;. The van der Waals surface area contributed by atoms with Crippen LogP contribution in [0.2, 0.25) is 5.02 Å². The summed E-state index contributed by atoms with van der Waals surface area (Å²) in [4.78, 5) is 37.9. The topological polar surface area (TPSA) is 155 Å². The molecule has 0 fully saturated rings. The average molecular weight is 518 g/mol. The van der Waals surface area contributed by atoms with Crippen molar-refractivity contribution in [2.45, 2.75) is 0 Å². The number of ketones is 1. The second-order valence-corrected chi connectivity index (χ2v) is 8.49. The minimum absolute atomic E-state index is 0.0549. The number of nitrogens with one attached hydrogen (secondary N) is 1. The molecule has 0 radical (unpaired) electrons. The Balaban J connectivity index is 0.000000261. The minimum Gasteiger partial charge on any atom is -0.588 e. The number of halogens is 2. The van der Waals surface area contributed by atoms with Gasteiger partial charge in [-0.05, 0) is 42.0 Å². The van der Waals surface area contributed by atoms with Crippen molar-refractivity contribution in [2.24, 2.45) is 5.73 Å². The number of hydrogen-bond donors (Lipinski definition) is 3. The first-order chi connectivity index (χ1) is 16.6. The van der Waals surface area contributed by atoms with Crippen molar-refractivity contribution in [1.29, 1.82) is 0 Å². The molecule has 3 aromatic rings. The van der Waals surface area contributed by atoms with Crippen molar-refractivity contribution in [1.82, 2.24) is 4.98 Å². The van der Waals surface area contributed by atoms with Crippen LogP contribution < -0.4 is 15.2 Å². The number of carbonyl (C=O) groups is 3. The number of nitrogens with zero attached hydrogens (tertiary/aromatic N) is 1. The molecule has 0 spiro atoms. The van der Waals surface area contributed by atoms with E-state index >= 15 is 0 Å². The van der Waals surface area contributed by atoms with Gasteiger partial charge in [-0.3, -0.25) is 9.59 Å². The van der Waals surface area contributed by atoms with Crippen LogP contribution in [0.4, 0.5) is 10.1 Å².